The van der Waals surface area contributed by atoms with Crippen LogP contribution in [0.15, 0.2) is 29.2 Å². The highest BCUT2D eigenvalue weighted by atomic mass is 32.2. The van der Waals surface area contributed by atoms with E-state index >= 15 is 0 Å². The van der Waals surface area contributed by atoms with Crippen LogP contribution in [0.5, 0.6) is 0 Å². The van der Waals surface area contributed by atoms with Gasteiger partial charge in [0, 0.05) is 25.1 Å². The summed E-state index contributed by atoms with van der Waals surface area (Å²) in [5.74, 6) is -0.667. The van der Waals surface area contributed by atoms with Crippen molar-refractivity contribution in [2.24, 2.45) is 0 Å². The average molecular weight is 461 g/mol. The number of nitrogens with zero attached hydrogens (tertiary/aromatic N) is 2. The molecule has 6 nitrogen and oxygen atoms in total. The third-order valence-electron chi connectivity index (χ3n) is 5.21. The van der Waals surface area contributed by atoms with E-state index in [4.69, 9.17) is 17.0 Å². The van der Waals surface area contributed by atoms with E-state index in [1.54, 1.807) is 4.90 Å². The van der Waals surface area contributed by atoms with Gasteiger partial charge < -0.3 is 9.64 Å². The van der Waals surface area contributed by atoms with Gasteiger partial charge >= 0.3 is 5.97 Å². The number of amides is 2. The molecule has 2 amide bonds. The second-order valence-electron chi connectivity index (χ2n) is 7.53. The summed E-state index contributed by atoms with van der Waals surface area (Å²) in [7, 11) is 0. The maximum atomic E-state index is 13.3. The molecule has 8 heteroatoms. The van der Waals surface area contributed by atoms with E-state index in [9.17, 15) is 14.4 Å². The van der Waals surface area contributed by atoms with Crippen LogP contribution >= 0.6 is 24.0 Å². The standard InChI is InChI=1S/C23H28N2O4S2/c1-3-5-8-13-24-17-11-7-6-10-16(17)19(21(24)27)20-22(28)25(23(30)31-20)14-9-12-18(26)29-15-4-2/h6-7,10-11H,3-5,8-9,12-15H2,1-2H3/b20-19-. The molecule has 2 aliphatic rings. The molecule has 0 saturated carbocycles. The summed E-state index contributed by atoms with van der Waals surface area (Å²) in [5.41, 5.74) is 2.07. The Kier molecular flexibility index (Phi) is 8.26. The first-order valence-electron chi connectivity index (χ1n) is 10.8. The van der Waals surface area contributed by atoms with E-state index < -0.39 is 0 Å². The molecule has 31 heavy (non-hydrogen) atoms. The highest BCUT2D eigenvalue weighted by molar-refractivity contribution is 8.26. The Bertz CT molecular complexity index is 913. The van der Waals surface area contributed by atoms with Crippen molar-refractivity contribution in [3.05, 3.63) is 34.7 Å². The van der Waals surface area contributed by atoms with Crippen LogP contribution in [-0.2, 0) is 19.1 Å². The number of para-hydroxylation sites is 1. The molecule has 0 atom stereocenters. The Morgan fingerprint density at radius 3 is 2.48 bits per heavy atom. The number of carbonyl (C=O) groups is 3. The lowest BCUT2D eigenvalue weighted by molar-refractivity contribution is -0.144. The summed E-state index contributed by atoms with van der Waals surface area (Å²) in [6.45, 7) is 5.43. The summed E-state index contributed by atoms with van der Waals surface area (Å²) in [6.07, 6.45) is 4.50. The molecule has 0 unspecified atom stereocenters. The molecule has 0 radical (unpaired) electrons. The molecule has 1 aromatic carbocycles. The van der Waals surface area contributed by atoms with E-state index in [0.29, 0.717) is 40.9 Å². The summed E-state index contributed by atoms with van der Waals surface area (Å²) < 4.78 is 5.50. The molecule has 0 spiro atoms. The second kappa shape index (κ2) is 10.9. The van der Waals surface area contributed by atoms with Crippen LogP contribution in [-0.4, -0.2) is 46.7 Å². The minimum absolute atomic E-state index is 0.138. The highest BCUT2D eigenvalue weighted by Crippen LogP contribution is 2.44. The molecule has 0 aliphatic carbocycles. The van der Waals surface area contributed by atoms with Crippen LogP contribution in [0.1, 0.15) is 57.9 Å². The maximum Gasteiger partial charge on any atom is 0.305 e. The normalized spacial score (nSPS) is 18.2. The topological polar surface area (TPSA) is 66.9 Å². The number of carbonyl (C=O) groups excluding carboxylic acids is 3. The third-order valence-corrected chi connectivity index (χ3v) is 6.66. The van der Waals surface area contributed by atoms with Gasteiger partial charge in [-0.3, -0.25) is 19.3 Å². The van der Waals surface area contributed by atoms with Crippen molar-refractivity contribution in [3.63, 3.8) is 0 Å². The molecule has 3 rings (SSSR count). The zero-order chi connectivity index (χ0) is 22.4. The number of benzene rings is 1. The monoisotopic (exact) mass is 460 g/mol. The van der Waals surface area contributed by atoms with Gasteiger partial charge in [0.15, 0.2) is 0 Å². The van der Waals surface area contributed by atoms with Gasteiger partial charge in [-0.05, 0) is 25.3 Å². The number of unbranched alkanes of at least 4 members (excludes halogenated alkanes) is 2. The minimum atomic E-state index is -0.270. The molecular weight excluding hydrogens is 432 g/mol. The molecule has 1 fully saturated rings. The molecule has 1 saturated heterocycles. The third kappa shape index (κ3) is 5.18. The lowest BCUT2D eigenvalue weighted by atomic mass is 10.1. The van der Waals surface area contributed by atoms with E-state index in [2.05, 4.69) is 6.92 Å². The number of fused-ring (bicyclic) bond motifs is 1. The first-order chi connectivity index (χ1) is 15.0. The van der Waals surface area contributed by atoms with Crippen molar-refractivity contribution >= 4 is 57.3 Å². The molecule has 0 aromatic heterocycles. The Morgan fingerprint density at radius 2 is 1.74 bits per heavy atom. The van der Waals surface area contributed by atoms with Crippen molar-refractivity contribution in [2.75, 3.05) is 24.6 Å². The molecule has 166 valence electrons. The Labute approximate surface area is 193 Å². The smallest absolute Gasteiger partial charge is 0.305 e. The Hall–Kier alpha value is -2.19. The number of thioether (sulfide) groups is 1. The van der Waals surface area contributed by atoms with Crippen LogP contribution in [0, 0.1) is 0 Å². The molecule has 2 heterocycles. The lowest BCUT2D eigenvalue weighted by Crippen LogP contribution is -2.31. The quantitative estimate of drug-likeness (QED) is 0.221. The summed E-state index contributed by atoms with van der Waals surface area (Å²) >= 11 is 6.60. The van der Waals surface area contributed by atoms with Crippen LogP contribution < -0.4 is 4.90 Å². The number of hydrogen-bond donors (Lipinski definition) is 0. The number of esters is 1. The van der Waals surface area contributed by atoms with E-state index in [1.807, 2.05) is 31.2 Å². The van der Waals surface area contributed by atoms with Crippen molar-refractivity contribution in [2.45, 2.75) is 52.4 Å². The van der Waals surface area contributed by atoms with Gasteiger partial charge in [0.1, 0.15) is 4.32 Å². The fraction of sp³-hybridized carbons (Fsp3) is 0.478. The van der Waals surface area contributed by atoms with Gasteiger partial charge in [-0.2, -0.15) is 0 Å². The molecule has 1 aromatic rings. The predicted molar refractivity (Wildman–Crippen MR) is 128 cm³/mol. The van der Waals surface area contributed by atoms with Crippen LogP contribution in [0.4, 0.5) is 5.69 Å². The first-order valence-corrected chi connectivity index (χ1v) is 12.1. The predicted octanol–water partition coefficient (Wildman–Crippen LogP) is 4.53. The Morgan fingerprint density at radius 1 is 1.00 bits per heavy atom. The van der Waals surface area contributed by atoms with Gasteiger partial charge in [0.05, 0.1) is 22.8 Å². The number of hydrogen-bond acceptors (Lipinski definition) is 6. The van der Waals surface area contributed by atoms with Gasteiger partial charge in [-0.25, -0.2) is 0 Å². The van der Waals surface area contributed by atoms with Crippen molar-refractivity contribution in [1.82, 2.24) is 4.90 Å². The van der Waals surface area contributed by atoms with Crippen LogP contribution in [0.2, 0.25) is 0 Å². The largest absolute Gasteiger partial charge is 0.466 e. The molecule has 2 aliphatic heterocycles. The van der Waals surface area contributed by atoms with Crippen LogP contribution in [0.25, 0.3) is 5.57 Å². The summed E-state index contributed by atoms with van der Waals surface area (Å²) in [4.78, 5) is 41.8. The average Bonchev–Trinajstić information content (AvgIpc) is 3.19. The fourth-order valence-corrected chi connectivity index (χ4v) is 5.03. The number of rotatable bonds is 10. The molecular formula is C23H28N2O4S2. The van der Waals surface area contributed by atoms with Crippen molar-refractivity contribution in [3.8, 4) is 0 Å². The summed E-state index contributed by atoms with van der Waals surface area (Å²) in [5, 5.41) is 0. The zero-order valence-corrected chi connectivity index (χ0v) is 19.7. The number of thiocarbonyl (C=S) groups is 1. The van der Waals surface area contributed by atoms with Crippen molar-refractivity contribution in [1.29, 1.82) is 0 Å². The summed E-state index contributed by atoms with van der Waals surface area (Å²) in [6, 6.07) is 7.60. The number of anilines is 1. The van der Waals surface area contributed by atoms with Gasteiger partial charge in [0.2, 0.25) is 0 Å². The van der Waals surface area contributed by atoms with Crippen LogP contribution in [0.3, 0.4) is 0 Å². The Balaban J connectivity index is 1.77. The first kappa shape index (κ1) is 23.5. The molecule has 0 N–H and O–H groups in total. The maximum absolute atomic E-state index is 13.3. The SMILES string of the molecule is CCCCCN1C(=O)/C(=C2\SC(=S)N(CCCC(=O)OCCC)C2=O)c2ccccc21. The molecule has 0 bridgehead atoms. The van der Waals surface area contributed by atoms with Gasteiger partial charge in [-0.1, -0.05) is 68.9 Å². The minimum Gasteiger partial charge on any atom is -0.466 e. The van der Waals surface area contributed by atoms with Crippen molar-refractivity contribution < 1.29 is 19.1 Å². The van der Waals surface area contributed by atoms with E-state index in [-0.39, 0.29) is 24.2 Å². The zero-order valence-electron chi connectivity index (χ0n) is 18.0. The van der Waals surface area contributed by atoms with E-state index in [0.717, 1.165) is 36.9 Å². The van der Waals surface area contributed by atoms with Gasteiger partial charge in [0.25, 0.3) is 11.8 Å². The van der Waals surface area contributed by atoms with E-state index in [1.165, 1.54) is 16.7 Å². The fourth-order valence-electron chi connectivity index (χ4n) is 3.65. The van der Waals surface area contributed by atoms with Gasteiger partial charge in [-0.15, -0.1) is 0 Å². The highest BCUT2D eigenvalue weighted by Gasteiger charge is 2.41. The lowest BCUT2D eigenvalue weighted by Gasteiger charge is -2.16. The number of ether oxygens (including phenoxy) is 1. The second-order valence-corrected chi connectivity index (χ2v) is 9.18.